The van der Waals surface area contributed by atoms with Crippen molar-refractivity contribution in [2.45, 2.75) is 31.7 Å². The van der Waals surface area contributed by atoms with Gasteiger partial charge in [0, 0.05) is 24.2 Å². The predicted molar refractivity (Wildman–Crippen MR) is 79.3 cm³/mol. The van der Waals surface area contributed by atoms with Gasteiger partial charge in [-0.05, 0) is 30.5 Å². The first-order valence-electron chi connectivity index (χ1n) is 6.95. The lowest BCUT2D eigenvalue weighted by Gasteiger charge is -2.44. The molecule has 0 aliphatic heterocycles. The fourth-order valence-corrected chi connectivity index (χ4v) is 3.30. The second-order valence-electron chi connectivity index (χ2n) is 5.64. The Balaban J connectivity index is 2.14. The van der Waals surface area contributed by atoms with E-state index in [0.29, 0.717) is 18.5 Å². The topological polar surface area (TPSA) is 111 Å². The van der Waals surface area contributed by atoms with Crippen LogP contribution >= 0.6 is 11.6 Å². The average Bonchev–Trinajstić information content (AvgIpc) is 2.78. The minimum atomic E-state index is -0.988. The SMILES string of the molecule is NC(=O)CC(n1ccc2cnc(Cl)nc21)C1(C(=O)O)CCC1. The van der Waals surface area contributed by atoms with Gasteiger partial charge in [-0.2, -0.15) is 4.98 Å². The number of nitrogens with two attached hydrogens (primary N) is 1. The summed E-state index contributed by atoms with van der Waals surface area (Å²) < 4.78 is 1.70. The molecule has 1 amide bonds. The largest absolute Gasteiger partial charge is 0.481 e. The summed E-state index contributed by atoms with van der Waals surface area (Å²) in [6, 6.07) is 1.19. The minimum Gasteiger partial charge on any atom is -0.481 e. The van der Waals surface area contributed by atoms with Gasteiger partial charge >= 0.3 is 5.97 Å². The van der Waals surface area contributed by atoms with Crippen LogP contribution in [0.3, 0.4) is 0 Å². The minimum absolute atomic E-state index is 0.0578. The van der Waals surface area contributed by atoms with Gasteiger partial charge < -0.3 is 15.4 Å². The number of primary amides is 1. The van der Waals surface area contributed by atoms with Crippen LogP contribution < -0.4 is 5.73 Å². The zero-order valence-electron chi connectivity index (χ0n) is 11.7. The highest BCUT2D eigenvalue weighted by atomic mass is 35.5. The van der Waals surface area contributed by atoms with E-state index in [9.17, 15) is 14.7 Å². The van der Waals surface area contributed by atoms with Crippen LogP contribution in [0.5, 0.6) is 0 Å². The smallest absolute Gasteiger partial charge is 0.311 e. The molecule has 0 radical (unpaired) electrons. The molecule has 0 aromatic carbocycles. The van der Waals surface area contributed by atoms with Gasteiger partial charge in [-0.25, -0.2) is 4.98 Å². The number of amides is 1. The third kappa shape index (κ3) is 2.21. The number of aromatic nitrogens is 3. The van der Waals surface area contributed by atoms with Crippen molar-refractivity contribution in [2.75, 3.05) is 0 Å². The third-order valence-electron chi connectivity index (χ3n) is 4.47. The van der Waals surface area contributed by atoms with E-state index in [4.69, 9.17) is 17.3 Å². The molecule has 7 nitrogen and oxygen atoms in total. The Morgan fingerprint density at radius 2 is 2.23 bits per heavy atom. The molecular weight excluding hydrogens is 308 g/mol. The Labute approximate surface area is 131 Å². The van der Waals surface area contributed by atoms with Crippen LogP contribution in [-0.4, -0.2) is 31.5 Å². The first-order valence-corrected chi connectivity index (χ1v) is 7.32. The van der Waals surface area contributed by atoms with Crippen LogP contribution in [0.15, 0.2) is 18.5 Å². The Morgan fingerprint density at radius 1 is 1.50 bits per heavy atom. The van der Waals surface area contributed by atoms with Crippen LogP contribution in [0, 0.1) is 5.41 Å². The number of carboxylic acids is 1. The van der Waals surface area contributed by atoms with Crippen molar-refractivity contribution < 1.29 is 14.7 Å². The highest BCUT2D eigenvalue weighted by molar-refractivity contribution is 6.28. The summed E-state index contributed by atoms with van der Waals surface area (Å²) in [6.45, 7) is 0. The Bertz CT molecular complexity index is 754. The molecule has 1 aliphatic rings. The molecule has 0 bridgehead atoms. The fourth-order valence-electron chi connectivity index (χ4n) is 3.17. The summed E-state index contributed by atoms with van der Waals surface area (Å²) in [6.07, 6.45) is 5.06. The molecule has 2 aromatic heterocycles. The molecule has 0 spiro atoms. The molecule has 22 heavy (non-hydrogen) atoms. The number of hydrogen-bond donors (Lipinski definition) is 2. The van der Waals surface area contributed by atoms with Gasteiger partial charge in [0.2, 0.25) is 11.2 Å². The van der Waals surface area contributed by atoms with E-state index < -0.39 is 23.3 Å². The maximum absolute atomic E-state index is 11.8. The summed E-state index contributed by atoms with van der Waals surface area (Å²) in [5, 5.41) is 10.5. The monoisotopic (exact) mass is 322 g/mol. The third-order valence-corrected chi connectivity index (χ3v) is 4.65. The number of carbonyl (C=O) groups excluding carboxylic acids is 1. The maximum Gasteiger partial charge on any atom is 0.311 e. The summed E-state index contributed by atoms with van der Waals surface area (Å²) in [5.74, 6) is -1.45. The van der Waals surface area contributed by atoms with Gasteiger partial charge in [-0.15, -0.1) is 0 Å². The van der Waals surface area contributed by atoms with Gasteiger partial charge in [0.05, 0.1) is 11.5 Å². The highest BCUT2D eigenvalue weighted by Crippen LogP contribution is 2.51. The second kappa shape index (κ2) is 5.24. The van der Waals surface area contributed by atoms with Crippen molar-refractivity contribution in [3.8, 4) is 0 Å². The molecule has 1 saturated carbocycles. The molecule has 0 saturated heterocycles. The molecule has 1 atom stereocenters. The molecule has 2 aromatic rings. The van der Waals surface area contributed by atoms with E-state index in [1.807, 2.05) is 0 Å². The van der Waals surface area contributed by atoms with Crippen LogP contribution in [0.4, 0.5) is 0 Å². The summed E-state index contributed by atoms with van der Waals surface area (Å²) in [5.41, 5.74) is 4.87. The average molecular weight is 323 g/mol. The zero-order chi connectivity index (χ0) is 15.9. The van der Waals surface area contributed by atoms with E-state index in [-0.39, 0.29) is 11.7 Å². The van der Waals surface area contributed by atoms with Crippen molar-refractivity contribution in [1.82, 2.24) is 14.5 Å². The first kappa shape index (κ1) is 14.8. The lowest BCUT2D eigenvalue weighted by atomic mass is 9.63. The molecule has 1 fully saturated rings. The Kier molecular flexibility index (Phi) is 3.52. The summed E-state index contributed by atoms with van der Waals surface area (Å²) in [4.78, 5) is 31.3. The number of hydrogen-bond acceptors (Lipinski definition) is 4. The number of fused-ring (bicyclic) bond motifs is 1. The van der Waals surface area contributed by atoms with E-state index in [1.165, 1.54) is 0 Å². The maximum atomic E-state index is 11.8. The zero-order valence-corrected chi connectivity index (χ0v) is 12.5. The lowest BCUT2D eigenvalue weighted by Crippen LogP contribution is -2.46. The molecule has 116 valence electrons. The molecule has 1 unspecified atom stereocenters. The highest BCUT2D eigenvalue weighted by Gasteiger charge is 2.52. The van der Waals surface area contributed by atoms with Gasteiger partial charge in [0.1, 0.15) is 5.65 Å². The van der Waals surface area contributed by atoms with Crippen molar-refractivity contribution in [1.29, 1.82) is 0 Å². The normalized spacial score (nSPS) is 17.9. The fraction of sp³-hybridized carbons (Fsp3) is 0.429. The van der Waals surface area contributed by atoms with Crippen LogP contribution in [0.1, 0.15) is 31.7 Å². The quantitative estimate of drug-likeness (QED) is 0.815. The molecule has 3 N–H and O–H groups in total. The number of rotatable bonds is 5. The van der Waals surface area contributed by atoms with Gasteiger partial charge in [0.25, 0.3) is 0 Å². The second-order valence-corrected chi connectivity index (χ2v) is 5.98. The Morgan fingerprint density at radius 3 is 2.77 bits per heavy atom. The standard InChI is InChI=1S/C14H15ClN4O3/c15-13-17-7-8-2-5-19(11(8)18-13)9(6-10(16)20)14(12(21)22)3-1-4-14/h2,5,7,9H,1,3-4,6H2,(H2,16,20)(H,21,22). The van der Waals surface area contributed by atoms with Crippen molar-refractivity contribution >= 4 is 34.5 Å². The van der Waals surface area contributed by atoms with Gasteiger partial charge in [0.15, 0.2) is 0 Å². The Hall–Kier alpha value is -2.15. The number of carbonyl (C=O) groups is 2. The van der Waals surface area contributed by atoms with Crippen molar-refractivity contribution in [3.05, 3.63) is 23.7 Å². The van der Waals surface area contributed by atoms with E-state index in [1.54, 1.807) is 23.0 Å². The van der Waals surface area contributed by atoms with Crippen LogP contribution in [0.2, 0.25) is 5.28 Å². The van der Waals surface area contributed by atoms with Gasteiger partial charge in [-0.1, -0.05) is 6.42 Å². The lowest BCUT2D eigenvalue weighted by molar-refractivity contribution is -0.159. The molecular formula is C14H15ClN4O3. The number of carboxylic acid groups (broad SMARTS) is 1. The van der Waals surface area contributed by atoms with Crippen LogP contribution in [-0.2, 0) is 9.59 Å². The van der Waals surface area contributed by atoms with Crippen molar-refractivity contribution in [3.63, 3.8) is 0 Å². The molecule has 3 rings (SSSR count). The summed E-state index contributed by atoms with van der Waals surface area (Å²) in [7, 11) is 0. The van der Waals surface area contributed by atoms with Crippen LogP contribution in [0.25, 0.3) is 11.0 Å². The van der Waals surface area contributed by atoms with E-state index in [2.05, 4.69) is 9.97 Å². The number of halogens is 1. The number of nitrogens with zero attached hydrogens (tertiary/aromatic N) is 3. The van der Waals surface area contributed by atoms with Gasteiger partial charge in [-0.3, -0.25) is 9.59 Å². The van der Waals surface area contributed by atoms with E-state index >= 15 is 0 Å². The first-order chi connectivity index (χ1) is 10.4. The van der Waals surface area contributed by atoms with E-state index in [0.717, 1.165) is 11.8 Å². The molecule has 2 heterocycles. The number of aliphatic carboxylic acids is 1. The summed E-state index contributed by atoms with van der Waals surface area (Å²) >= 11 is 5.84. The molecule has 8 heteroatoms. The van der Waals surface area contributed by atoms with Crippen molar-refractivity contribution in [2.24, 2.45) is 11.1 Å². The predicted octanol–water partition coefficient (Wildman–Crippen LogP) is 1.76. The molecule has 1 aliphatic carbocycles.